The monoisotopic (exact) mass is 277 g/mol. The van der Waals surface area contributed by atoms with Crippen LogP contribution in [0.15, 0.2) is 48.5 Å². The number of aromatic nitrogens is 2. The van der Waals surface area contributed by atoms with E-state index in [4.69, 9.17) is 10.5 Å². The molecule has 4 nitrogen and oxygen atoms in total. The van der Waals surface area contributed by atoms with Crippen molar-refractivity contribution in [1.82, 2.24) is 9.97 Å². The van der Waals surface area contributed by atoms with Crippen molar-refractivity contribution in [2.24, 2.45) is 0 Å². The number of nitrogens with zero attached hydrogens (tertiary/aromatic N) is 2. The van der Waals surface area contributed by atoms with Gasteiger partial charge in [-0.25, -0.2) is 9.97 Å². The Kier molecular flexibility index (Phi) is 2.74. The van der Waals surface area contributed by atoms with Gasteiger partial charge in [0.05, 0.1) is 17.1 Å². The van der Waals surface area contributed by atoms with E-state index in [2.05, 4.69) is 9.97 Å². The van der Waals surface area contributed by atoms with Gasteiger partial charge in [0.15, 0.2) is 5.82 Å². The maximum atomic E-state index is 6.04. The number of para-hydroxylation sites is 2. The van der Waals surface area contributed by atoms with E-state index >= 15 is 0 Å². The van der Waals surface area contributed by atoms with E-state index in [1.165, 1.54) is 0 Å². The summed E-state index contributed by atoms with van der Waals surface area (Å²) < 4.78 is 5.75. The van der Waals surface area contributed by atoms with Crippen molar-refractivity contribution in [2.45, 2.75) is 18.9 Å². The molecule has 0 amide bonds. The Morgan fingerprint density at radius 2 is 1.57 bits per heavy atom. The highest BCUT2D eigenvalue weighted by Crippen LogP contribution is 2.30. The number of rotatable bonds is 3. The van der Waals surface area contributed by atoms with Crippen molar-refractivity contribution in [3.63, 3.8) is 0 Å². The molecule has 0 radical (unpaired) electrons. The lowest BCUT2D eigenvalue weighted by Gasteiger charge is -2.08. The summed E-state index contributed by atoms with van der Waals surface area (Å²) in [5, 5.41) is 0. The van der Waals surface area contributed by atoms with Gasteiger partial charge in [-0.05, 0) is 49.2 Å². The zero-order valence-electron chi connectivity index (χ0n) is 11.5. The summed E-state index contributed by atoms with van der Waals surface area (Å²) in [6.07, 6.45) is 2.72. The van der Waals surface area contributed by atoms with Crippen molar-refractivity contribution in [2.75, 3.05) is 5.73 Å². The fourth-order valence-electron chi connectivity index (χ4n) is 2.30. The molecule has 1 aromatic heterocycles. The van der Waals surface area contributed by atoms with Gasteiger partial charge in [0.25, 0.3) is 0 Å². The van der Waals surface area contributed by atoms with Crippen LogP contribution in [0, 0.1) is 0 Å². The van der Waals surface area contributed by atoms with Gasteiger partial charge >= 0.3 is 0 Å². The number of fused-ring (bicyclic) bond motifs is 1. The van der Waals surface area contributed by atoms with Crippen LogP contribution >= 0.6 is 0 Å². The van der Waals surface area contributed by atoms with Gasteiger partial charge < -0.3 is 10.5 Å². The third kappa shape index (κ3) is 2.40. The van der Waals surface area contributed by atoms with Crippen LogP contribution in [0.3, 0.4) is 0 Å². The summed E-state index contributed by atoms with van der Waals surface area (Å²) in [4.78, 5) is 9.04. The molecular formula is C17H15N3O. The Hall–Kier alpha value is -2.62. The first-order chi connectivity index (χ1) is 10.3. The van der Waals surface area contributed by atoms with E-state index in [0.29, 0.717) is 17.6 Å². The van der Waals surface area contributed by atoms with E-state index in [-0.39, 0.29) is 0 Å². The second-order valence-electron chi connectivity index (χ2n) is 5.29. The maximum absolute atomic E-state index is 6.04. The second-order valence-corrected chi connectivity index (χ2v) is 5.29. The molecule has 0 atom stereocenters. The molecule has 1 aliphatic carbocycles. The Morgan fingerprint density at radius 1 is 0.905 bits per heavy atom. The topological polar surface area (TPSA) is 61.0 Å². The van der Waals surface area contributed by atoms with Gasteiger partial charge in [-0.15, -0.1) is 0 Å². The van der Waals surface area contributed by atoms with Gasteiger partial charge in [-0.2, -0.15) is 0 Å². The molecule has 0 spiro atoms. The molecule has 21 heavy (non-hydrogen) atoms. The van der Waals surface area contributed by atoms with Crippen molar-refractivity contribution in [1.29, 1.82) is 0 Å². The number of nitrogen functional groups attached to an aromatic ring is 1. The zero-order chi connectivity index (χ0) is 14.2. The van der Waals surface area contributed by atoms with E-state index in [1.807, 2.05) is 48.5 Å². The fourth-order valence-corrected chi connectivity index (χ4v) is 2.30. The SMILES string of the molecule is Nc1nc2ccccc2nc1-c1ccc(OC2CC2)cc1. The first kappa shape index (κ1) is 12.1. The predicted octanol–water partition coefficient (Wildman–Crippen LogP) is 3.42. The molecule has 2 N–H and O–H groups in total. The van der Waals surface area contributed by atoms with Crippen molar-refractivity contribution >= 4 is 16.9 Å². The first-order valence-corrected chi connectivity index (χ1v) is 7.09. The van der Waals surface area contributed by atoms with Crippen LogP contribution in [-0.4, -0.2) is 16.1 Å². The third-order valence-electron chi connectivity index (χ3n) is 3.55. The molecule has 4 rings (SSSR count). The minimum atomic E-state index is 0.404. The lowest BCUT2D eigenvalue weighted by atomic mass is 10.1. The fraction of sp³-hybridized carbons (Fsp3) is 0.176. The summed E-state index contributed by atoms with van der Waals surface area (Å²) in [6, 6.07) is 15.6. The van der Waals surface area contributed by atoms with E-state index in [9.17, 15) is 0 Å². The molecule has 0 saturated heterocycles. The van der Waals surface area contributed by atoms with Crippen LogP contribution in [0.2, 0.25) is 0 Å². The summed E-state index contributed by atoms with van der Waals surface area (Å²) in [5.41, 5.74) is 9.37. The molecular weight excluding hydrogens is 262 g/mol. The van der Waals surface area contributed by atoms with Gasteiger partial charge in [0.1, 0.15) is 11.4 Å². The van der Waals surface area contributed by atoms with Crippen LogP contribution in [0.1, 0.15) is 12.8 Å². The van der Waals surface area contributed by atoms with Crippen LogP contribution < -0.4 is 10.5 Å². The summed E-state index contributed by atoms with van der Waals surface area (Å²) in [6.45, 7) is 0. The second kappa shape index (κ2) is 4.74. The lowest BCUT2D eigenvalue weighted by molar-refractivity contribution is 0.303. The van der Waals surface area contributed by atoms with Gasteiger partial charge in [0, 0.05) is 5.56 Å². The average Bonchev–Trinajstić information content (AvgIpc) is 3.31. The number of anilines is 1. The predicted molar refractivity (Wildman–Crippen MR) is 83.0 cm³/mol. The smallest absolute Gasteiger partial charge is 0.150 e. The standard InChI is InChI=1S/C17H15N3O/c18-17-16(19-14-3-1-2-4-15(14)20-17)11-5-7-12(8-6-11)21-13-9-10-13/h1-8,13H,9-10H2,(H2,18,20). The Bertz CT molecular complexity index is 795. The highest BCUT2D eigenvalue weighted by molar-refractivity contribution is 5.82. The normalized spacial score (nSPS) is 14.3. The highest BCUT2D eigenvalue weighted by Gasteiger charge is 2.23. The summed E-state index contributed by atoms with van der Waals surface area (Å²) >= 11 is 0. The molecule has 1 aliphatic rings. The van der Waals surface area contributed by atoms with Crippen molar-refractivity contribution in [3.8, 4) is 17.0 Å². The average molecular weight is 277 g/mol. The Labute approximate surface area is 122 Å². The number of ether oxygens (including phenoxy) is 1. The minimum Gasteiger partial charge on any atom is -0.490 e. The van der Waals surface area contributed by atoms with Gasteiger partial charge in [-0.1, -0.05) is 12.1 Å². The van der Waals surface area contributed by atoms with E-state index < -0.39 is 0 Å². The van der Waals surface area contributed by atoms with Crippen LogP contribution in [0.25, 0.3) is 22.3 Å². The van der Waals surface area contributed by atoms with Gasteiger partial charge in [0.2, 0.25) is 0 Å². The number of nitrogens with two attached hydrogens (primary N) is 1. The van der Waals surface area contributed by atoms with Gasteiger partial charge in [-0.3, -0.25) is 0 Å². The quantitative estimate of drug-likeness (QED) is 0.796. The minimum absolute atomic E-state index is 0.404. The van der Waals surface area contributed by atoms with E-state index in [1.54, 1.807) is 0 Å². The number of hydrogen-bond acceptors (Lipinski definition) is 4. The molecule has 1 fully saturated rings. The van der Waals surface area contributed by atoms with Crippen molar-refractivity contribution < 1.29 is 4.74 Å². The third-order valence-corrected chi connectivity index (χ3v) is 3.55. The number of benzene rings is 2. The largest absolute Gasteiger partial charge is 0.490 e. The van der Waals surface area contributed by atoms with Crippen molar-refractivity contribution in [3.05, 3.63) is 48.5 Å². The Morgan fingerprint density at radius 3 is 2.24 bits per heavy atom. The van der Waals surface area contributed by atoms with E-state index in [0.717, 1.165) is 35.2 Å². The molecule has 4 heteroatoms. The van der Waals surface area contributed by atoms with Crippen LogP contribution in [0.4, 0.5) is 5.82 Å². The van der Waals surface area contributed by atoms with Crippen LogP contribution in [-0.2, 0) is 0 Å². The molecule has 0 unspecified atom stereocenters. The Balaban J connectivity index is 1.72. The summed E-state index contributed by atoms with van der Waals surface area (Å²) in [7, 11) is 0. The lowest BCUT2D eigenvalue weighted by Crippen LogP contribution is -1.99. The molecule has 1 heterocycles. The number of hydrogen-bond donors (Lipinski definition) is 1. The molecule has 104 valence electrons. The maximum Gasteiger partial charge on any atom is 0.150 e. The first-order valence-electron chi connectivity index (χ1n) is 7.09. The molecule has 3 aromatic rings. The molecule has 1 saturated carbocycles. The molecule has 0 aliphatic heterocycles. The zero-order valence-corrected chi connectivity index (χ0v) is 11.5. The highest BCUT2D eigenvalue weighted by atomic mass is 16.5. The molecule has 2 aromatic carbocycles. The summed E-state index contributed by atoms with van der Waals surface area (Å²) in [5.74, 6) is 1.35. The van der Waals surface area contributed by atoms with Crippen LogP contribution in [0.5, 0.6) is 5.75 Å². The molecule has 0 bridgehead atoms.